The topological polar surface area (TPSA) is 78.4 Å². The molecule has 5 nitrogen and oxygen atoms in total. The van der Waals surface area contributed by atoms with Crippen molar-refractivity contribution in [2.24, 2.45) is 5.41 Å². The number of nitrogens with one attached hydrogen (secondary N) is 2. The molecule has 0 aromatic heterocycles. The Morgan fingerprint density at radius 1 is 1.18 bits per heavy atom. The first-order valence-electron chi connectivity index (χ1n) is 5.85. The molecule has 0 aliphatic rings. The van der Waals surface area contributed by atoms with Crippen LogP contribution in [0, 0.1) is 5.41 Å². The van der Waals surface area contributed by atoms with Gasteiger partial charge in [-0.1, -0.05) is 27.7 Å². The molecule has 0 spiro atoms. The number of hydrogen-bond donors (Lipinski definition) is 3. The minimum Gasteiger partial charge on any atom is -0.394 e. The van der Waals surface area contributed by atoms with Gasteiger partial charge in [-0.25, -0.2) is 0 Å². The zero-order valence-corrected chi connectivity index (χ0v) is 11.4. The van der Waals surface area contributed by atoms with Crippen LogP contribution >= 0.6 is 0 Å². The molecule has 0 radical (unpaired) electrons. The fourth-order valence-electron chi connectivity index (χ4n) is 1.05. The second-order valence-electron chi connectivity index (χ2n) is 5.55. The lowest BCUT2D eigenvalue weighted by molar-refractivity contribution is -0.131. The van der Waals surface area contributed by atoms with Crippen LogP contribution < -0.4 is 10.6 Å². The SMILES string of the molecule is CCC(C)(CO)NC(=O)CNC(=O)C(C)(C)C. The molecule has 0 rings (SSSR count). The summed E-state index contributed by atoms with van der Waals surface area (Å²) in [5, 5.41) is 14.4. The first-order chi connectivity index (χ1) is 7.64. The molecule has 0 saturated heterocycles. The molecule has 100 valence electrons. The Bertz CT molecular complexity index is 278. The Labute approximate surface area is 103 Å². The van der Waals surface area contributed by atoms with Gasteiger partial charge in [0.25, 0.3) is 0 Å². The third-order valence-electron chi connectivity index (χ3n) is 2.66. The lowest BCUT2D eigenvalue weighted by Gasteiger charge is -2.27. The number of carbonyl (C=O) groups excluding carboxylic acids is 2. The third-order valence-corrected chi connectivity index (χ3v) is 2.66. The van der Waals surface area contributed by atoms with Gasteiger partial charge in [-0.15, -0.1) is 0 Å². The Balaban J connectivity index is 4.17. The highest BCUT2D eigenvalue weighted by Crippen LogP contribution is 2.12. The summed E-state index contributed by atoms with van der Waals surface area (Å²) in [5.74, 6) is -0.462. The fourth-order valence-corrected chi connectivity index (χ4v) is 1.05. The maximum atomic E-state index is 11.6. The van der Waals surface area contributed by atoms with Crippen LogP contribution in [0.5, 0.6) is 0 Å². The van der Waals surface area contributed by atoms with Gasteiger partial charge in [-0.05, 0) is 13.3 Å². The summed E-state index contributed by atoms with van der Waals surface area (Å²) in [4.78, 5) is 23.1. The summed E-state index contributed by atoms with van der Waals surface area (Å²) in [6.07, 6.45) is 0.627. The van der Waals surface area contributed by atoms with Crippen LogP contribution in [0.15, 0.2) is 0 Å². The van der Waals surface area contributed by atoms with Gasteiger partial charge < -0.3 is 15.7 Å². The normalized spacial score (nSPS) is 14.9. The summed E-state index contributed by atoms with van der Waals surface area (Å²) < 4.78 is 0. The number of hydrogen-bond acceptors (Lipinski definition) is 3. The van der Waals surface area contributed by atoms with Gasteiger partial charge in [0, 0.05) is 5.41 Å². The van der Waals surface area contributed by atoms with E-state index in [0.717, 1.165) is 0 Å². The van der Waals surface area contributed by atoms with Crippen LogP contribution in [0.3, 0.4) is 0 Å². The molecule has 0 bridgehead atoms. The predicted molar refractivity (Wildman–Crippen MR) is 66.4 cm³/mol. The Morgan fingerprint density at radius 2 is 1.71 bits per heavy atom. The van der Waals surface area contributed by atoms with E-state index in [9.17, 15) is 9.59 Å². The first-order valence-corrected chi connectivity index (χ1v) is 5.85. The van der Waals surface area contributed by atoms with Gasteiger partial charge in [-0.2, -0.15) is 0 Å². The second-order valence-corrected chi connectivity index (χ2v) is 5.55. The van der Waals surface area contributed by atoms with E-state index >= 15 is 0 Å². The summed E-state index contributed by atoms with van der Waals surface area (Å²) in [6, 6.07) is 0. The van der Waals surface area contributed by atoms with Crippen LogP contribution in [-0.4, -0.2) is 35.6 Å². The lowest BCUT2D eigenvalue weighted by Crippen LogP contribution is -2.52. The highest BCUT2D eigenvalue weighted by molar-refractivity contribution is 5.87. The minimum atomic E-state index is -0.621. The maximum absolute atomic E-state index is 11.6. The Morgan fingerprint density at radius 3 is 2.06 bits per heavy atom. The number of carbonyl (C=O) groups is 2. The van der Waals surface area contributed by atoms with Crippen LogP contribution in [-0.2, 0) is 9.59 Å². The second kappa shape index (κ2) is 6.00. The van der Waals surface area contributed by atoms with Gasteiger partial charge in [0.1, 0.15) is 0 Å². The number of aliphatic hydroxyl groups excluding tert-OH is 1. The van der Waals surface area contributed by atoms with Gasteiger partial charge in [-0.3, -0.25) is 9.59 Å². The summed E-state index contributed by atoms with van der Waals surface area (Å²) in [6.45, 7) is 8.80. The monoisotopic (exact) mass is 244 g/mol. The molecule has 0 aliphatic carbocycles. The first kappa shape index (κ1) is 15.9. The number of aliphatic hydroxyl groups is 1. The molecule has 3 N–H and O–H groups in total. The number of amides is 2. The van der Waals surface area contributed by atoms with Crippen molar-refractivity contribution in [1.29, 1.82) is 0 Å². The molecule has 5 heteroatoms. The standard InChI is InChI=1S/C12H24N2O3/c1-6-12(5,8-15)14-9(16)7-13-10(17)11(2,3)4/h15H,6-8H2,1-5H3,(H,13,17)(H,14,16). The van der Waals surface area contributed by atoms with E-state index in [1.54, 1.807) is 27.7 Å². The van der Waals surface area contributed by atoms with Crippen molar-refractivity contribution in [2.75, 3.05) is 13.2 Å². The Hall–Kier alpha value is -1.10. The van der Waals surface area contributed by atoms with Crippen molar-refractivity contribution in [3.05, 3.63) is 0 Å². The molecule has 0 aromatic carbocycles. The molecule has 1 unspecified atom stereocenters. The average molecular weight is 244 g/mol. The number of rotatable bonds is 5. The zero-order valence-electron chi connectivity index (χ0n) is 11.4. The van der Waals surface area contributed by atoms with Crippen molar-refractivity contribution in [3.63, 3.8) is 0 Å². The van der Waals surface area contributed by atoms with Crippen LogP contribution in [0.4, 0.5) is 0 Å². The highest BCUT2D eigenvalue weighted by Gasteiger charge is 2.25. The summed E-state index contributed by atoms with van der Waals surface area (Å²) >= 11 is 0. The van der Waals surface area contributed by atoms with E-state index in [1.807, 2.05) is 6.92 Å². The predicted octanol–water partition coefficient (Wildman–Crippen LogP) is 0.426. The van der Waals surface area contributed by atoms with E-state index in [0.29, 0.717) is 6.42 Å². The maximum Gasteiger partial charge on any atom is 0.239 e. The van der Waals surface area contributed by atoms with E-state index in [-0.39, 0.29) is 25.0 Å². The van der Waals surface area contributed by atoms with Crippen molar-refractivity contribution in [2.45, 2.75) is 46.6 Å². The minimum absolute atomic E-state index is 0.0638. The molecule has 17 heavy (non-hydrogen) atoms. The highest BCUT2D eigenvalue weighted by atomic mass is 16.3. The Kier molecular flexibility index (Phi) is 5.61. The van der Waals surface area contributed by atoms with Gasteiger partial charge >= 0.3 is 0 Å². The van der Waals surface area contributed by atoms with Crippen molar-refractivity contribution >= 4 is 11.8 Å². The molecular weight excluding hydrogens is 220 g/mol. The summed E-state index contributed by atoms with van der Waals surface area (Å²) in [7, 11) is 0. The van der Waals surface area contributed by atoms with Crippen LogP contribution in [0.25, 0.3) is 0 Å². The zero-order chi connectivity index (χ0) is 13.7. The molecular formula is C12H24N2O3. The van der Waals surface area contributed by atoms with Crippen molar-refractivity contribution < 1.29 is 14.7 Å². The summed E-state index contributed by atoms with van der Waals surface area (Å²) in [5.41, 5.74) is -1.13. The van der Waals surface area contributed by atoms with Crippen molar-refractivity contribution in [1.82, 2.24) is 10.6 Å². The quantitative estimate of drug-likeness (QED) is 0.656. The van der Waals surface area contributed by atoms with Gasteiger partial charge in [0.2, 0.25) is 11.8 Å². The van der Waals surface area contributed by atoms with E-state index < -0.39 is 11.0 Å². The molecule has 0 aromatic rings. The van der Waals surface area contributed by atoms with Crippen LogP contribution in [0.2, 0.25) is 0 Å². The molecule has 1 atom stereocenters. The molecule has 0 fully saturated rings. The van der Waals surface area contributed by atoms with Crippen molar-refractivity contribution in [3.8, 4) is 0 Å². The van der Waals surface area contributed by atoms with Crippen LogP contribution in [0.1, 0.15) is 41.0 Å². The smallest absolute Gasteiger partial charge is 0.239 e. The van der Waals surface area contributed by atoms with E-state index in [2.05, 4.69) is 10.6 Å². The molecule has 0 saturated carbocycles. The van der Waals surface area contributed by atoms with E-state index in [4.69, 9.17) is 5.11 Å². The molecule has 2 amide bonds. The van der Waals surface area contributed by atoms with Gasteiger partial charge in [0.05, 0.1) is 18.7 Å². The fraction of sp³-hybridized carbons (Fsp3) is 0.833. The largest absolute Gasteiger partial charge is 0.394 e. The molecule has 0 aliphatic heterocycles. The third kappa shape index (κ3) is 5.68. The van der Waals surface area contributed by atoms with E-state index in [1.165, 1.54) is 0 Å². The average Bonchev–Trinajstić information content (AvgIpc) is 2.24. The lowest BCUT2D eigenvalue weighted by atomic mass is 9.96. The van der Waals surface area contributed by atoms with Gasteiger partial charge in [0.15, 0.2) is 0 Å². The molecule has 0 heterocycles.